The summed E-state index contributed by atoms with van der Waals surface area (Å²) in [6.45, 7) is -0.0272. The highest BCUT2D eigenvalue weighted by Crippen LogP contribution is 2.21. The normalized spacial score (nSPS) is 11.6. The van der Waals surface area contributed by atoms with E-state index in [1.807, 2.05) is 48.5 Å². The van der Waals surface area contributed by atoms with Crippen LogP contribution in [-0.2, 0) is 28.0 Å². The van der Waals surface area contributed by atoms with Gasteiger partial charge in [-0.25, -0.2) is 13.8 Å². The lowest BCUT2D eigenvalue weighted by Crippen LogP contribution is -2.39. The summed E-state index contributed by atoms with van der Waals surface area (Å²) in [5.74, 6) is 0.0706. The molecule has 0 aromatic heterocycles. The second-order valence-corrected chi connectivity index (χ2v) is 11.8. The smallest absolute Gasteiger partial charge is 0.255 e. The predicted molar refractivity (Wildman–Crippen MR) is 156 cm³/mol. The summed E-state index contributed by atoms with van der Waals surface area (Å²) in [5.41, 5.74) is 4.86. The average molecular weight is 627 g/mol. The summed E-state index contributed by atoms with van der Waals surface area (Å²) in [7, 11) is -3.98. The van der Waals surface area contributed by atoms with Crippen LogP contribution in [0.2, 0.25) is 5.02 Å². The van der Waals surface area contributed by atoms with E-state index in [-0.39, 0.29) is 11.4 Å². The molecule has 0 bridgehead atoms. The minimum absolute atomic E-state index is 0.0203. The van der Waals surface area contributed by atoms with Crippen molar-refractivity contribution in [3.63, 3.8) is 0 Å². The van der Waals surface area contributed by atoms with Crippen LogP contribution >= 0.6 is 27.5 Å². The number of rotatable bonds is 11. The molecule has 0 aliphatic rings. The largest absolute Gasteiger partial charge is 0.489 e. The van der Waals surface area contributed by atoms with Crippen LogP contribution in [0.4, 0.5) is 0 Å². The van der Waals surface area contributed by atoms with Gasteiger partial charge in [0.2, 0.25) is 10.0 Å². The van der Waals surface area contributed by atoms with E-state index < -0.39 is 22.5 Å². The predicted octanol–water partition coefficient (Wildman–Crippen LogP) is 6.02. The number of benzene rings is 4. The highest BCUT2D eigenvalue weighted by molar-refractivity contribution is 9.10. The zero-order chi connectivity index (χ0) is 27.7. The Bertz CT molecular complexity index is 1530. The van der Waals surface area contributed by atoms with Crippen LogP contribution < -0.4 is 10.2 Å². The molecule has 39 heavy (non-hydrogen) atoms. The van der Waals surface area contributed by atoms with E-state index in [4.69, 9.17) is 16.3 Å². The monoisotopic (exact) mass is 625 g/mol. The van der Waals surface area contributed by atoms with E-state index >= 15 is 0 Å². The summed E-state index contributed by atoms with van der Waals surface area (Å²) in [4.78, 5) is 12.8. The third kappa shape index (κ3) is 8.49. The molecule has 4 aromatic carbocycles. The second kappa shape index (κ2) is 13.5. The molecule has 10 heteroatoms. The number of halogens is 2. The maximum atomic E-state index is 13.4. The van der Waals surface area contributed by atoms with Crippen molar-refractivity contribution in [3.8, 4) is 5.75 Å². The molecular formula is C29H25BrClN3O4S. The summed E-state index contributed by atoms with van der Waals surface area (Å²) >= 11 is 9.28. The lowest BCUT2D eigenvalue weighted by Gasteiger charge is -2.21. The molecule has 0 fully saturated rings. The van der Waals surface area contributed by atoms with E-state index in [2.05, 4.69) is 26.5 Å². The standard InChI is InChI=1S/C29H25BrClN3O4S/c30-25-11-15-28(16-12-25)39(36,37)34(19-22-9-13-26(31)14-10-22)20-29(35)33-32-18-24-7-4-8-27(17-24)38-21-23-5-2-1-3-6-23/h1-18H,19-21H2,(H,33,35)/b32-18-. The maximum absolute atomic E-state index is 13.4. The Kier molecular flexibility index (Phi) is 9.89. The first-order valence-corrected chi connectivity index (χ1v) is 14.5. The van der Waals surface area contributed by atoms with Gasteiger partial charge in [-0.1, -0.05) is 82.1 Å². The number of sulfonamides is 1. The number of nitrogens with one attached hydrogen (secondary N) is 1. The van der Waals surface area contributed by atoms with Gasteiger partial charge in [0, 0.05) is 16.0 Å². The Morgan fingerprint density at radius 2 is 1.64 bits per heavy atom. The van der Waals surface area contributed by atoms with Crippen LogP contribution in [-0.4, -0.2) is 31.4 Å². The first-order valence-electron chi connectivity index (χ1n) is 11.9. The molecule has 0 unspecified atom stereocenters. The first kappa shape index (κ1) is 28.5. The van der Waals surface area contributed by atoms with Crippen LogP contribution in [0.1, 0.15) is 16.7 Å². The van der Waals surface area contributed by atoms with Crippen LogP contribution in [0.25, 0.3) is 0 Å². The van der Waals surface area contributed by atoms with Crippen LogP contribution in [0.5, 0.6) is 5.75 Å². The number of ether oxygens (including phenoxy) is 1. The topological polar surface area (TPSA) is 88.1 Å². The van der Waals surface area contributed by atoms with Crippen LogP contribution in [0, 0.1) is 0 Å². The number of hydrogen-bond acceptors (Lipinski definition) is 5. The molecule has 4 rings (SSSR count). The van der Waals surface area contributed by atoms with Crippen molar-refractivity contribution in [2.45, 2.75) is 18.0 Å². The van der Waals surface area contributed by atoms with E-state index in [9.17, 15) is 13.2 Å². The lowest BCUT2D eigenvalue weighted by atomic mass is 10.2. The molecule has 7 nitrogen and oxygen atoms in total. The fourth-order valence-corrected chi connectivity index (χ4v) is 5.35. The number of hydrazone groups is 1. The molecular weight excluding hydrogens is 602 g/mol. The Morgan fingerprint density at radius 3 is 2.36 bits per heavy atom. The minimum atomic E-state index is -3.98. The second-order valence-electron chi connectivity index (χ2n) is 8.49. The Hall–Kier alpha value is -3.50. The molecule has 1 amide bonds. The Labute approximate surface area is 241 Å². The highest BCUT2D eigenvalue weighted by Gasteiger charge is 2.27. The highest BCUT2D eigenvalue weighted by atomic mass is 79.9. The molecule has 0 radical (unpaired) electrons. The van der Waals surface area contributed by atoms with Crippen LogP contribution in [0.3, 0.4) is 0 Å². The van der Waals surface area contributed by atoms with Crippen molar-refractivity contribution in [1.29, 1.82) is 0 Å². The third-order valence-electron chi connectivity index (χ3n) is 5.55. The molecule has 200 valence electrons. The van der Waals surface area contributed by atoms with Crippen molar-refractivity contribution in [1.82, 2.24) is 9.73 Å². The van der Waals surface area contributed by atoms with E-state index in [1.165, 1.54) is 18.3 Å². The number of amides is 1. The first-order chi connectivity index (χ1) is 18.8. The lowest BCUT2D eigenvalue weighted by molar-refractivity contribution is -0.121. The van der Waals surface area contributed by atoms with E-state index in [0.717, 1.165) is 14.3 Å². The molecule has 0 saturated carbocycles. The fraction of sp³-hybridized carbons (Fsp3) is 0.103. The van der Waals surface area contributed by atoms with Crippen molar-refractivity contribution in [2.75, 3.05) is 6.54 Å². The van der Waals surface area contributed by atoms with Crippen molar-refractivity contribution < 1.29 is 17.9 Å². The van der Waals surface area contributed by atoms with Gasteiger partial charge in [0.15, 0.2) is 0 Å². The van der Waals surface area contributed by atoms with Gasteiger partial charge in [0.05, 0.1) is 17.7 Å². The zero-order valence-electron chi connectivity index (χ0n) is 20.7. The molecule has 4 aromatic rings. The van der Waals surface area contributed by atoms with Gasteiger partial charge in [-0.2, -0.15) is 9.41 Å². The zero-order valence-corrected chi connectivity index (χ0v) is 23.9. The quantitative estimate of drug-likeness (QED) is 0.163. The van der Waals surface area contributed by atoms with Gasteiger partial charge in [-0.3, -0.25) is 4.79 Å². The number of hydrogen-bond donors (Lipinski definition) is 1. The van der Waals surface area contributed by atoms with E-state index in [1.54, 1.807) is 42.5 Å². The summed E-state index contributed by atoms with van der Waals surface area (Å²) in [6.07, 6.45) is 1.47. The summed E-state index contributed by atoms with van der Waals surface area (Å²) in [5, 5.41) is 4.54. The molecule has 0 atom stereocenters. The van der Waals surface area contributed by atoms with Gasteiger partial charge < -0.3 is 4.74 Å². The average Bonchev–Trinajstić information content (AvgIpc) is 2.94. The Morgan fingerprint density at radius 1 is 0.923 bits per heavy atom. The van der Waals surface area contributed by atoms with Crippen molar-refractivity contribution >= 4 is 49.7 Å². The van der Waals surface area contributed by atoms with Crippen LogP contribution in [0.15, 0.2) is 118 Å². The minimum Gasteiger partial charge on any atom is -0.489 e. The number of carbonyl (C=O) groups is 1. The van der Waals surface area contributed by atoms with Gasteiger partial charge in [-0.05, 0) is 65.2 Å². The van der Waals surface area contributed by atoms with E-state index in [0.29, 0.717) is 28.5 Å². The summed E-state index contributed by atoms with van der Waals surface area (Å²) in [6, 6.07) is 30.1. The maximum Gasteiger partial charge on any atom is 0.255 e. The summed E-state index contributed by atoms with van der Waals surface area (Å²) < 4.78 is 34.5. The molecule has 0 saturated heterocycles. The van der Waals surface area contributed by atoms with Gasteiger partial charge in [0.1, 0.15) is 12.4 Å². The molecule has 0 spiro atoms. The molecule has 0 aliphatic heterocycles. The number of carbonyl (C=O) groups excluding carboxylic acids is 1. The van der Waals surface area contributed by atoms with Crippen molar-refractivity contribution in [3.05, 3.63) is 129 Å². The molecule has 1 N–H and O–H groups in total. The Balaban J connectivity index is 1.42. The fourth-order valence-electron chi connectivity index (χ4n) is 3.57. The molecule has 0 aliphatic carbocycles. The van der Waals surface area contributed by atoms with Gasteiger partial charge in [0.25, 0.3) is 5.91 Å². The van der Waals surface area contributed by atoms with Crippen molar-refractivity contribution in [2.24, 2.45) is 5.10 Å². The van der Waals surface area contributed by atoms with Gasteiger partial charge >= 0.3 is 0 Å². The third-order valence-corrected chi connectivity index (χ3v) is 8.14. The molecule has 0 heterocycles. The number of nitrogens with zero attached hydrogens (tertiary/aromatic N) is 2. The van der Waals surface area contributed by atoms with Gasteiger partial charge in [-0.15, -0.1) is 0 Å². The SMILES string of the molecule is O=C(CN(Cc1ccc(Cl)cc1)S(=O)(=O)c1ccc(Br)cc1)N/N=C\c1cccc(OCc2ccccc2)c1.